The Labute approximate surface area is 81.3 Å². The van der Waals surface area contributed by atoms with Crippen LogP contribution in [0.25, 0.3) is 0 Å². The lowest BCUT2D eigenvalue weighted by Gasteiger charge is -2.06. The van der Waals surface area contributed by atoms with Gasteiger partial charge in [0.25, 0.3) is 0 Å². The van der Waals surface area contributed by atoms with E-state index >= 15 is 0 Å². The van der Waals surface area contributed by atoms with Gasteiger partial charge in [-0.25, -0.2) is 0 Å². The van der Waals surface area contributed by atoms with Gasteiger partial charge in [0.2, 0.25) is 5.89 Å². The summed E-state index contributed by atoms with van der Waals surface area (Å²) in [7, 11) is 0. The zero-order chi connectivity index (χ0) is 10.6. The number of carbonyl (C=O) groups is 1. The van der Waals surface area contributed by atoms with Crippen molar-refractivity contribution in [2.75, 3.05) is 6.54 Å². The maximum atomic E-state index is 10.4. The lowest BCUT2D eigenvalue weighted by atomic mass is 10.3. The molecule has 1 heterocycles. The Morgan fingerprint density at radius 2 is 2.43 bits per heavy atom. The number of carboxylic acids is 1. The minimum Gasteiger partial charge on any atom is -0.480 e. The number of aryl methyl sites for hydroxylation is 1. The SMILES string of the molecule is Cc1nc(CCNC(C)C(=O)O)no1. The van der Waals surface area contributed by atoms with Gasteiger partial charge in [-0.15, -0.1) is 0 Å². The molecule has 6 nitrogen and oxygen atoms in total. The van der Waals surface area contributed by atoms with Crippen LogP contribution >= 0.6 is 0 Å². The molecule has 0 bridgehead atoms. The van der Waals surface area contributed by atoms with Crippen molar-refractivity contribution in [3.63, 3.8) is 0 Å². The average Bonchev–Trinajstić information content (AvgIpc) is 2.51. The molecular weight excluding hydrogens is 186 g/mol. The molecule has 0 aliphatic rings. The first-order valence-electron chi connectivity index (χ1n) is 4.35. The van der Waals surface area contributed by atoms with E-state index in [9.17, 15) is 4.79 Å². The second-order valence-corrected chi connectivity index (χ2v) is 2.99. The Bertz CT molecular complexity index is 311. The molecule has 6 heteroatoms. The smallest absolute Gasteiger partial charge is 0.320 e. The van der Waals surface area contributed by atoms with Crippen molar-refractivity contribution in [1.29, 1.82) is 0 Å². The van der Waals surface area contributed by atoms with Gasteiger partial charge in [-0.2, -0.15) is 4.98 Å². The Kier molecular flexibility index (Phi) is 3.58. The number of carboxylic acid groups (broad SMARTS) is 1. The number of nitrogens with one attached hydrogen (secondary N) is 1. The van der Waals surface area contributed by atoms with E-state index < -0.39 is 12.0 Å². The van der Waals surface area contributed by atoms with Gasteiger partial charge in [-0.3, -0.25) is 4.79 Å². The van der Waals surface area contributed by atoms with Gasteiger partial charge in [0.15, 0.2) is 5.82 Å². The van der Waals surface area contributed by atoms with Gasteiger partial charge < -0.3 is 14.9 Å². The summed E-state index contributed by atoms with van der Waals surface area (Å²) in [5.41, 5.74) is 0. The number of aliphatic carboxylic acids is 1. The van der Waals surface area contributed by atoms with Gasteiger partial charge >= 0.3 is 5.97 Å². The molecule has 78 valence electrons. The maximum Gasteiger partial charge on any atom is 0.320 e. The number of rotatable bonds is 5. The molecule has 0 saturated heterocycles. The molecule has 0 aliphatic heterocycles. The summed E-state index contributed by atoms with van der Waals surface area (Å²) in [5, 5.41) is 15.1. The summed E-state index contributed by atoms with van der Waals surface area (Å²) in [4.78, 5) is 14.4. The van der Waals surface area contributed by atoms with Crippen LogP contribution < -0.4 is 5.32 Å². The highest BCUT2D eigenvalue weighted by Crippen LogP contribution is 1.95. The summed E-state index contributed by atoms with van der Waals surface area (Å²) in [6, 6.07) is -0.553. The molecule has 1 aromatic heterocycles. The van der Waals surface area contributed by atoms with Gasteiger partial charge in [0.1, 0.15) is 6.04 Å². The molecule has 0 aliphatic carbocycles. The van der Waals surface area contributed by atoms with Crippen LogP contribution in [0, 0.1) is 6.92 Å². The lowest BCUT2D eigenvalue weighted by molar-refractivity contribution is -0.138. The second-order valence-electron chi connectivity index (χ2n) is 2.99. The van der Waals surface area contributed by atoms with Crippen molar-refractivity contribution >= 4 is 5.97 Å². The van der Waals surface area contributed by atoms with E-state index in [0.717, 1.165) is 0 Å². The minimum absolute atomic E-state index is 0.520. The predicted molar refractivity (Wildman–Crippen MR) is 47.8 cm³/mol. The Balaban J connectivity index is 2.25. The topological polar surface area (TPSA) is 88.2 Å². The van der Waals surface area contributed by atoms with Crippen LogP contribution in [0.3, 0.4) is 0 Å². The highest BCUT2D eigenvalue weighted by atomic mass is 16.5. The molecule has 1 atom stereocenters. The quantitative estimate of drug-likeness (QED) is 0.693. The molecule has 0 aromatic carbocycles. The third kappa shape index (κ3) is 3.14. The van der Waals surface area contributed by atoms with Crippen LogP contribution in [-0.4, -0.2) is 33.8 Å². The number of hydrogen-bond donors (Lipinski definition) is 2. The molecular formula is C8H13N3O3. The van der Waals surface area contributed by atoms with Crippen molar-refractivity contribution in [3.05, 3.63) is 11.7 Å². The Morgan fingerprint density at radius 1 is 1.71 bits per heavy atom. The summed E-state index contributed by atoms with van der Waals surface area (Å²) in [6.07, 6.45) is 0.564. The molecule has 2 N–H and O–H groups in total. The van der Waals surface area contributed by atoms with E-state index in [2.05, 4.69) is 15.5 Å². The fourth-order valence-corrected chi connectivity index (χ4v) is 0.931. The van der Waals surface area contributed by atoms with Crippen LogP contribution in [0.2, 0.25) is 0 Å². The van der Waals surface area contributed by atoms with Gasteiger partial charge in [0, 0.05) is 19.9 Å². The van der Waals surface area contributed by atoms with Gasteiger partial charge in [0.05, 0.1) is 0 Å². The van der Waals surface area contributed by atoms with Crippen LogP contribution in [0.5, 0.6) is 0 Å². The molecule has 14 heavy (non-hydrogen) atoms. The molecule has 0 fully saturated rings. The first-order valence-corrected chi connectivity index (χ1v) is 4.35. The van der Waals surface area contributed by atoms with Crippen molar-refractivity contribution in [3.8, 4) is 0 Å². The predicted octanol–water partition coefficient (Wildman–Crippen LogP) is -0.0168. The number of nitrogens with zero attached hydrogens (tertiary/aromatic N) is 2. The zero-order valence-corrected chi connectivity index (χ0v) is 8.15. The minimum atomic E-state index is -0.866. The summed E-state index contributed by atoms with van der Waals surface area (Å²) in [5.74, 6) is 0.244. The third-order valence-corrected chi connectivity index (χ3v) is 1.74. The largest absolute Gasteiger partial charge is 0.480 e. The summed E-state index contributed by atoms with van der Waals surface area (Å²) >= 11 is 0. The fraction of sp³-hybridized carbons (Fsp3) is 0.625. The van der Waals surface area contributed by atoms with Crippen LogP contribution in [0.15, 0.2) is 4.52 Å². The standard InChI is InChI=1S/C8H13N3O3/c1-5(8(12)13)9-4-3-7-10-6(2)14-11-7/h5,9H,3-4H2,1-2H3,(H,12,13). The van der Waals surface area contributed by atoms with Crippen molar-refractivity contribution in [1.82, 2.24) is 15.5 Å². The van der Waals surface area contributed by atoms with E-state index in [-0.39, 0.29) is 0 Å². The number of hydrogen-bond acceptors (Lipinski definition) is 5. The van der Waals surface area contributed by atoms with E-state index in [1.807, 2.05) is 0 Å². The van der Waals surface area contributed by atoms with E-state index in [0.29, 0.717) is 24.7 Å². The lowest BCUT2D eigenvalue weighted by Crippen LogP contribution is -2.35. The van der Waals surface area contributed by atoms with Crippen molar-refractivity contribution in [2.45, 2.75) is 26.3 Å². The summed E-state index contributed by atoms with van der Waals surface area (Å²) < 4.78 is 4.76. The van der Waals surface area contributed by atoms with Crippen LogP contribution in [-0.2, 0) is 11.2 Å². The third-order valence-electron chi connectivity index (χ3n) is 1.74. The Hall–Kier alpha value is -1.43. The molecule has 1 rings (SSSR count). The molecule has 1 unspecified atom stereocenters. The first kappa shape index (κ1) is 10.6. The molecule has 0 spiro atoms. The van der Waals surface area contributed by atoms with Gasteiger partial charge in [-0.05, 0) is 6.92 Å². The van der Waals surface area contributed by atoms with Gasteiger partial charge in [-0.1, -0.05) is 5.16 Å². The monoisotopic (exact) mass is 199 g/mol. The molecule has 0 amide bonds. The molecule has 0 radical (unpaired) electrons. The highest BCUT2D eigenvalue weighted by molar-refractivity contribution is 5.72. The van der Waals surface area contributed by atoms with Crippen LogP contribution in [0.1, 0.15) is 18.6 Å². The van der Waals surface area contributed by atoms with Crippen molar-refractivity contribution < 1.29 is 14.4 Å². The highest BCUT2D eigenvalue weighted by Gasteiger charge is 2.09. The first-order chi connectivity index (χ1) is 6.59. The number of aromatic nitrogens is 2. The summed E-state index contributed by atoms with van der Waals surface area (Å²) in [6.45, 7) is 3.82. The maximum absolute atomic E-state index is 10.4. The van der Waals surface area contributed by atoms with E-state index in [4.69, 9.17) is 9.63 Å². The Morgan fingerprint density at radius 3 is 2.93 bits per heavy atom. The van der Waals surface area contributed by atoms with E-state index in [1.54, 1.807) is 13.8 Å². The van der Waals surface area contributed by atoms with Crippen LogP contribution in [0.4, 0.5) is 0 Å². The molecule has 0 saturated carbocycles. The normalized spacial score (nSPS) is 12.7. The van der Waals surface area contributed by atoms with E-state index in [1.165, 1.54) is 0 Å². The molecule has 1 aromatic rings. The average molecular weight is 199 g/mol. The second kappa shape index (κ2) is 4.71. The fourth-order valence-electron chi connectivity index (χ4n) is 0.931. The zero-order valence-electron chi connectivity index (χ0n) is 8.15. The van der Waals surface area contributed by atoms with Crippen molar-refractivity contribution in [2.24, 2.45) is 0 Å².